The van der Waals surface area contributed by atoms with E-state index < -0.39 is 6.04 Å². The van der Waals surface area contributed by atoms with E-state index in [0.717, 1.165) is 15.7 Å². The molecule has 3 rings (SSSR count). The topological polar surface area (TPSA) is 54.3 Å². The van der Waals surface area contributed by atoms with Crippen molar-refractivity contribution >= 4 is 33.2 Å². The van der Waals surface area contributed by atoms with Gasteiger partial charge in [0, 0.05) is 10.7 Å². The molecule has 1 aliphatic rings. The number of fused-ring (bicyclic) bond motifs is 1. The lowest BCUT2D eigenvalue weighted by Crippen LogP contribution is -2.08. The third-order valence-electron chi connectivity index (χ3n) is 3.05. The Morgan fingerprint density at radius 1 is 1.29 bits per heavy atom. The van der Waals surface area contributed by atoms with Gasteiger partial charge in [-0.25, -0.2) is 0 Å². The number of nitrogens with one attached hydrogen (secondary N) is 1. The summed E-state index contributed by atoms with van der Waals surface area (Å²) in [6.07, 6.45) is 0. The van der Waals surface area contributed by atoms with Crippen LogP contribution in [0.15, 0.2) is 40.9 Å². The summed E-state index contributed by atoms with van der Waals surface area (Å²) in [4.78, 5) is 0. The van der Waals surface area contributed by atoms with Crippen molar-refractivity contribution < 1.29 is 9.47 Å². The summed E-state index contributed by atoms with van der Waals surface area (Å²) in [5, 5.41) is 13.2. The van der Waals surface area contributed by atoms with E-state index in [1.54, 1.807) is 18.2 Å². The lowest BCUT2D eigenvalue weighted by atomic mass is 10.1. The Balaban J connectivity index is 1.91. The van der Waals surface area contributed by atoms with Gasteiger partial charge in [0.05, 0.1) is 10.5 Å². The van der Waals surface area contributed by atoms with Crippen LogP contribution in [-0.4, -0.2) is 6.79 Å². The van der Waals surface area contributed by atoms with Crippen molar-refractivity contribution in [1.29, 1.82) is 5.26 Å². The first kappa shape index (κ1) is 14.1. The van der Waals surface area contributed by atoms with Gasteiger partial charge in [-0.3, -0.25) is 0 Å². The molecule has 0 saturated heterocycles. The Kier molecular flexibility index (Phi) is 3.91. The fraction of sp³-hybridized carbons (Fsp3) is 0.133. The van der Waals surface area contributed by atoms with Crippen molar-refractivity contribution in [3.8, 4) is 17.6 Å². The van der Waals surface area contributed by atoms with Gasteiger partial charge < -0.3 is 14.8 Å². The number of anilines is 1. The zero-order valence-corrected chi connectivity index (χ0v) is 13.1. The quantitative estimate of drug-likeness (QED) is 0.869. The fourth-order valence-corrected chi connectivity index (χ4v) is 2.85. The molecule has 0 fully saturated rings. The highest BCUT2D eigenvalue weighted by Gasteiger charge is 2.21. The number of nitriles is 1. The third-order valence-corrected chi connectivity index (χ3v) is 3.87. The van der Waals surface area contributed by atoms with Crippen molar-refractivity contribution in [3.05, 3.63) is 51.5 Å². The van der Waals surface area contributed by atoms with E-state index in [0.29, 0.717) is 16.5 Å². The van der Waals surface area contributed by atoms with Crippen LogP contribution in [0.4, 0.5) is 5.69 Å². The molecular formula is C15H10BrClN2O2. The Bertz CT molecular complexity index is 730. The molecule has 1 unspecified atom stereocenters. The molecule has 0 aromatic heterocycles. The maximum absolute atomic E-state index is 9.42. The van der Waals surface area contributed by atoms with Gasteiger partial charge in [0.1, 0.15) is 6.04 Å². The highest BCUT2D eigenvalue weighted by atomic mass is 79.9. The van der Waals surface area contributed by atoms with E-state index in [1.807, 2.05) is 18.2 Å². The highest BCUT2D eigenvalue weighted by Crippen LogP contribution is 2.41. The normalized spacial score (nSPS) is 13.6. The van der Waals surface area contributed by atoms with E-state index in [4.69, 9.17) is 21.1 Å². The van der Waals surface area contributed by atoms with Crippen LogP contribution >= 0.6 is 27.5 Å². The molecule has 106 valence electrons. The van der Waals surface area contributed by atoms with E-state index in [9.17, 15) is 5.26 Å². The second kappa shape index (κ2) is 5.84. The van der Waals surface area contributed by atoms with Gasteiger partial charge in [-0.1, -0.05) is 17.7 Å². The molecule has 0 aliphatic carbocycles. The highest BCUT2D eigenvalue weighted by molar-refractivity contribution is 9.10. The summed E-state index contributed by atoms with van der Waals surface area (Å²) in [5.41, 5.74) is 1.57. The van der Waals surface area contributed by atoms with Crippen LogP contribution in [0, 0.1) is 11.3 Å². The molecule has 0 bridgehead atoms. The van der Waals surface area contributed by atoms with Gasteiger partial charge in [0.25, 0.3) is 0 Å². The zero-order chi connectivity index (χ0) is 14.8. The predicted molar refractivity (Wildman–Crippen MR) is 83.7 cm³/mol. The Morgan fingerprint density at radius 2 is 2.14 bits per heavy atom. The molecule has 21 heavy (non-hydrogen) atoms. The number of nitrogens with zero attached hydrogens (tertiary/aromatic N) is 1. The minimum absolute atomic E-state index is 0.191. The second-order valence-corrected chi connectivity index (χ2v) is 5.74. The van der Waals surface area contributed by atoms with Crippen LogP contribution < -0.4 is 14.8 Å². The monoisotopic (exact) mass is 364 g/mol. The number of benzene rings is 2. The largest absolute Gasteiger partial charge is 0.454 e. The predicted octanol–water partition coefficient (Wildman–Crippen LogP) is 4.51. The molecular weight excluding hydrogens is 356 g/mol. The molecule has 0 amide bonds. The van der Waals surface area contributed by atoms with Gasteiger partial charge in [-0.05, 0) is 51.8 Å². The van der Waals surface area contributed by atoms with E-state index >= 15 is 0 Å². The number of ether oxygens (including phenoxy) is 2. The molecule has 0 radical (unpaired) electrons. The molecule has 1 N–H and O–H groups in total. The molecule has 0 saturated carbocycles. The van der Waals surface area contributed by atoms with Gasteiger partial charge >= 0.3 is 0 Å². The minimum Gasteiger partial charge on any atom is -0.454 e. The smallest absolute Gasteiger partial charge is 0.231 e. The maximum Gasteiger partial charge on any atom is 0.231 e. The first-order chi connectivity index (χ1) is 10.2. The summed E-state index contributed by atoms with van der Waals surface area (Å²) in [6.45, 7) is 0.191. The Labute approximate surface area is 135 Å². The van der Waals surface area contributed by atoms with Crippen LogP contribution in [0.2, 0.25) is 5.02 Å². The molecule has 6 heteroatoms. The fourth-order valence-electron chi connectivity index (χ4n) is 2.09. The van der Waals surface area contributed by atoms with Crippen LogP contribution in [0.3, 0.4) is 0 Å². The van der Waals surface area contributed by atoms with Gasteiger partial charge in [0.2, 0.25) is 6.79 Å². The summed E-state index contributed by atoms with van der Waals surface area (Å²) in [7, 11) is 0. The Hall–Kier alpha value is -1.90. The van der Waals surface area contributed by atoms with Gasteiger partial charge in [-0.15, -0.1) is 0 Å². The van der Waals surface area contributed by atoms with Crippen LogP contribution in [0.25, 0.3) is 0 Å². The lowest BCUT2D eigenvalue weighted by molar-refractivity contribution is 0.173. The molecule has 1 heterocycles. The molecule has 1 atom stereocenters. The standard InChI is InChI=1S/C15H10BrClN2O2/c16-12-4-9(5-14-15(12)21-8-20-14)13(7-18)19-11-3-1-2-10(17)6-11/h1-6,13,19H,8H2. The van der Waals surface area contributed by atoms with E-state index in [-0.39, 0.29) is 6.79 Å². The van der Waals surface area contributed by atoms with Crippen molar-refractivity contribution in [3.63, 3.8) is 0 Å². The molecule has 4 nitrogen and oxygen atoms in total. The first-order valence-electron chi connectivity index (χ1n) is 6.18. The van der Waals surface area contributed by atoms with Crippen LogP contribution in [0.5, 0.6) is 11.5 Å². The summed E-state index contributed by atoms with van der Waals surface area (Å²) in [5.74, 6) is 1.30. The molecule has 1 aliphatic heterocycles. The third kappa shape index (κ3) is 2.92. The van der Waals surface area contributed by atoms with E-state index in [1.165, 1.54) is 0 Å². The second-order valence-electron chi connectivity index (χ2n) is 4.45. The average molecular weight is 366 g/mol. The van der Waals surface area contributed by atoms with E-state index in [2.05, 4.69) is 27.3 Å². The summed E-state index contributed by atoms with van der Waals surface area (Å²) >= 11 is 9.38. The number of halogens is 2. The van der Waals surface area contributed by atoms with Crippen molar-refractivity contribution in [2.45, 2.75) is 6.04 Å². The first-order valence-corrected chi connectivity index (χ1v) is 7.35. The molecule has 2 aromatic rings. The van der Waals surface area contributed by atoms with Crippen LogP contribution in [0.1, 0.15) is 11.6 Å². The minimum atomic E-state index is -0.519. The SMILES string of the molecule is N#CC(Nc1cccc(Cl)c1)c1cc(Br)c2c(c1)OCO2. The van der Waals surface area contributed by atoms with Crippen molar-refractivity contribution in [2.75, 3.05) is 12.1 Å². The lowest BCUT2D eigenvalue weighted by Gasteiger charge is -2.14. The summed E-state index contributed by atoms with van der Waals surface area (Å²) < 4.78 is 11.5. The Morgan fingerprint density at radius 3 is 2.90 bits per heavy atom. The van der Waals surface area contributed by atoms with Crippen LogP contribution in [-0.2, 0) is 0 Å². The maximum atomic E-state index is 9.42. The van der Waals surface area contributed by atoms with Gasteiger partial charge in [0.15, 0.2) is 11.5 Å². The number of hydrogen-bond acceptors (Lipinski definition) is 4. The van der Waals surface area contributed by atoms with Crippen molar-refractivity contribution in [1.82, 2.24) is 0 Å². The molecule has 0 spiro atoms. The van der Waals surface area contributed by atoms with Gasteiger partial charge in [-0.2, -0.15) is 5.26 Å². The average Bonchev–Trinajstić information content (AvgIpc) is 2.93. The summed E-state index contributed by atoms with van der Waals surface area (Å²) in [6, 6.07) is 12.6. The van der Waals surface area contributed by atoms with Crippen molar-refractivity contribution in [2.24, 2.45) is 0 Å². The number of rotatable bonds is 3. The number of hydrogen-bond donors (Lipinski definition) is 1. The molecule has 2 aromatic carbocycles. The zero-order valence-electron chi connectivity index (χ0n) is 10.8.